The maximum absolute atomic E-state index is 13.8. The summed E-state index contributed by atoms with van der Waals surface area (Å²) < 4.78 is 31.6. The van der Waals surface area contributed by atoms with Gasteiger partial charge in [-0.3, -0.25) is 0 Å². The molecular weight excluding hydrogens is 200 g/mol. The molecule has 4 heteroatoms. The third-order valence-corrected chi connectivity index (χ3v) is 3.04. The molecule has 0 radical (unpaired) electrons. The smallest absolute Gasteiger partial charge is 0.190 e. The Kier molecular flexibility index (Phi) is 2.38. The Morgan fingerprint density at radius 3 is 2.47 bits per heavy atom. The lowest BCUT2D eigenvalue weighted by Gasteiger charge is -2.38. The summed E-state index contributed by atoms with van der Waals surface area (Å²) in [6.07, 6.45) is 2.45. The lowest BCUT2D eigenvalue weighted by atomic mass is 9.72. The summed E-state index contributed by atoms with van der Waals surface area (Å²) in [5.41, 5.74) is 5.70. The molecule has 15 heavy (non-hydrogen) atoms. The van der Waals surface area contributed by atoms with Crippen molar-refractivity contribution in [2.45, 2.75) is 24.8 Å². The third kappa shape index (κ3) is 1.49. The summed E-state index contributed by atoms with van der Waals surface area (Å²) in [5.74, 6) is -1.70. The topological polar surface area (TPSA) is 35.2 Å². The molecule has 1 aromatic rings. The molecule has 1 aliphatic rings. The van der Waals surface area contributed by atoms with Gasteiger partial charge in [-0.2, -0.15) is 0 Å². The molecule has 0 amide bonds. The number of ether oxygens (including phenoxy) is 1. The number of methoxy groups -OCH3 is 1. The molecule has 0 atom stereocenters. The van der Waals surface area contributed by atoms with Crippen LogP contribution in [0.15, 0.2) is 12.1 Å². The van der Waals surface area contributed by atoms with Crippen LogP contribution in [0.3, 0.4) is 0 Å². The van der Waals surface area contributed by atoms with E-state index in [-0.39, 0.29) is 5.75 Å². The molecule has 0 unspecified atom stereocenters. The minimum atomic E-state index is -0.693. The summed E-state index contributed by atoms with van der Waals surface area (Å²) in [6, 6.07) is 2.61. The second-order valence-electron chi connectivity index (χ2n) is 3.95. The number of hydrogen-bond acceptors (Lipinski definition) is 2. The predicted molar refractivity (Wildman–Crippen MR) is 52.6 cm³/mol. The number of benzene rings is 1. The molecule has 2 N–H and O–H groups in total. The molecular formula is C11H13F2NO. The van der Waals surface area contributed by atoms with E-state index in [4.69, 9.17) is 5.73 Å². The van der Waals surface area contributed by atoms with Crippen LogP contribution in [0.4, 0.5) is 8.78 Å². The summed E-state index contributed by atoms with van der Waals surface area (Å²) >= 11 is 0. The van der Waals surface area contributed by atoms with Gasteiger partial charge in [-0.1, -0.05) is 6.07 Å². The maximum Gasteiger partial charge on any atom is 0.190 e. The first-order valence-corrected chi connectivity index (χ1v) is 4.90. The van der Waals surface area contributed by atoms with Gasteiger partial charge in [-0.15, -0.1) is 0 Å². The molecule has 0 spiro atoms. The molecule has 1 fully saturated rings. The average Bonchev–Trinajstić information content (AvgIpc) is 2.15. The Bertz CT molecular complexity index is 388. The zero-order chi connectivity index (χ0) is 11.1. The van der Waals surface area contributed by atoms with Crippen molar-refractivity contribution >= 4 is 0 Å². The Morgan fingerprint density at radius 1 is 1.33 bits per heavy atom. The first kappa shape index (κ1) is 10.4. The normalized spacial score (nSPS) is 18.4. The van der Waals surface area contributed by atoms with E-state index in [0.717, 1.165) is 19.3 Å². The molecule has 1 aromatic carbocycles. The Balaban J connectivity index is 2.49. The Hall–Kier alpha value is -1.16. The first-order chi connectivity index (χ1) is 7.08. The SMILES string of the molecule is COc1c(F)ccc(C2(N)CCC2)c1F. The second-order valence-corrected chi connectivity index (χ2v) is 3.95. The predicted octanol–water partition coefficient (Wildman–Crippen LogP) is 2.31. The molecule has 82 valence electrons. The summed E-state index contributed by atoms with van der Waals surface area (Å²) in [4.78, 5) is 0. The highest BCUT2D eigenvalue weighted by Crippen LogP contribution is 2.41. The fourth-order valence-electron chi connectivity index (χ4n) is 1.93. The first-order valence-electron chi connectivity index (χ1n) is 4.90. The molecule has 2 nitrogen and oxygen atoms in total. The van der Waals surface area contributed by atoms with Gasteiger partial charge in [0.25, 0.3) is 0 Å². The van der Waals surface area contributed by atoms with E-state index in [1.807, 2.05) is 0 Å². The zero-order valence-electron chi connectivity index (χ0n) is 8.52. The lowest BCUT2D eigenvalue weighted by molar-refractivity contribution is 0.240. The largest absolute Gasteiger partial charge is 0.491 e. The van der Waals surface area contributed by atoms with Crippen LogP contribution in [-0.2, 0) is 5.54 Å². The number of nitrogens with two attached hydrogens (primary N) is 1. The Labute approximate surface area is 87.0 Å². The van der Waals surface area contributed by atoms with Crippen molar-refractivity contribution < 1.29 is 13.5 Å². The van der Waals surface area contributed by atoms with E-state index >= 15 is 0 Å². The van der Waals surface area contributed by atoms with Crippen molar-refractivity contribution in [2.24, 2.45) is 5.73 Å². The van der Waals surface area contributed by atoms with Crippen LogP contribution in [-0.4, -0.2) is 7.11 Å². The minimum Gasteiger partial charge on any atom is -0.491 e. The van der Waals surface area contributed by atoms with Crippen LogP contribution in [0, 0.1) is 11.6 Å². The van der Waals surface area contributed by atoms with Crippen LogP contribution in [0.5, 0.6) is 5.75 Å². The number of halogens is 2. The van der Waals surface area contributed by atoms with E-state index in [9.17, 15) is 8.78 Å². The van der Waals surface area contributed by atoms with Crippen LogP contribution >= 0.6 is 0 Å². The van der Waals surface area contributed by atoms with Crippen molar-refractivity contribution in [1.29, 1.82) is 0 Å². The van der Waals surface area contributed by atoms with E-state index in [2.05, 4.69) is 4.74 Å². The molecule has 1 aliphatic carbocycles. The summed E-state index contributed by atoms with van der Waals surface area (Å²) in [7, 11) is 1.25. The standard InChI is InChI=1S/C11H13F2NO/c1-15-10-8(12)4-3-7(9(10)13)11(14)5-2-6-11/h3-4H,2,5-6,14H2,1H3. The van der Waals surface area contributed by atoms with Crippen LogP contribution in [0.25, 0.3) is 0 Å². The highest BCUT2D eigenvalue weighted by Gasteiger charge is 2.37. The molecule has 1 saturated carbocycles. The van der Waals surface area contributed by atoms with Gasteiger partial charge < -0.3 is 10.5 Å². The molecule has 0 saturated heterocycles. The number of hydrogen-bond donors (Lipinski definition) is 1. The molecule has 0 bridgehead atoms. The van der Waals surface area contributed by atoms with Crippen molar-refractivity contribution in [3.8, 4) is 5.75 Å². The van der Waals surface area contributed by atoms with Gasteiger partial charge in [0.2, 0.25) is 0 Å². The van der Waals surface area contributed by atoms with Crippen LogP contribution in [0.1, 0.15) is 24.8 Å². The van der Waals surface area contributed by atoms with E-state index in [1.165, 1.54) is 19.2 Å². The van der Waals surface area contributed by atoms with E-state index < -0.39 is 17.2 Å². The maximum atomic E-state index is 13.8. The van der Waals surface area contributed by atoms with Gasteiger partial charge in [-0.05, 0) is 25.3 Å². The van der Waals surface area contributed by atoms with Crippen molar-refractivity contribution in [1.82, 2.24) is 0 Å². The van der Waals surface area contributed by atoms with Gasteiger partial charge in [0, 0.05) is 11.1 Å². The van der Waals surface area contributed by atoms with Crippen molar-refractivity contribution in [3.63, 3.8) is 0 Å². The van der Waals surface area contributed by atoms with Gasteiger partial charge >= 0.3 is 0 Å². The number of rotatable bonds is 2. The van der Waals surface area contributed by atoms with Gasteiger partial charge in [0.1, 0.15) is 0 Å². The van der Waals surface area contributed by atoms with Gasteiger partial charge in [0.15, 0.2) is 17.4 Å². The third-order valence-electron chi connectivity index (χ3n) is 3.04. The van der Waals surface area contributed by atoms with Crippen molar-refractivity contribution in [2.75, 3.05) is 7.11 Å². The summed E-state index contributed by atoms with van der Waals surface area (Å²) in [6.45, 7) is 0. The van der Waals surface area contributed by atoms with Crippen LogP contribution < -0.4 is 10.5 Å². The highest BCUT2D eigenvalue weighted by atomic mass is 19.1. The zero-order valence-corrected chi connectivity index (χ0v) is 8.52. The Morgan fingerprint density at radius 2 is 2.00 bits per heavy atom. The van der Waals surface area contributed by atoms with Crippen molar-refractivity contribution in [3.05, 3.63) is 29.3 Å². The fourth-order valence-corrected chi connectivity index (χ4v) is 1.93. The second kappa shape index (κ2) is 3.45. The quantitative estimate of drug-likeness (QED) is 0.818. The monoisotopic (exact) mass is 213 g/mol. The minimum absolute atomic E-state index is 0.343. The average molecular weight is 213 g/mol. The van der Waals surface area contributed by atoms with E-state index in [1.54, 1.807) is 0 Å². The van der Waals surface area contributed by atoms with Gasteiger partial charge in [0.05, 0.1) is 7.11 Å². The summed E-state index contributed by atoms with van der Waals surface area (Å²) in [5, 5.41) is 0. The lowest BCUT2D eigenvalue weighted by Crippen LogP contribution is -2.44. The fraction of sp³-hybridized carbons (Fsp3) is 0.455. The highest BCUT2D eigenvalue weighted by molar-refractivity contribution is 5.37. The van der Waals surface area contributed by atoms with Crippen LogP contribution in [0.2, 0.25) is 0 Å². The van der Waals surface area contributed by atoms with Gasteiger partial charge in [-0.25, -0.2) is 8.78 Å². The molecule has 0 aliphatic heterocycles. The molecule has 2 rings (SSSR count). The molecule has 0 aromatic heterocycles. The molecule has 0 heterocycles. The van der Waals surface area contributed by atoms with E-state index in [0.29, 0.717) is 5.56 Å².